The summed E-state index contributed by atoms with van der Waals surface area (Å²) in [5.41, 5.74) is 2.27. The Hall–Kier alpha value is -2.60. The van der Waals surface area contributed by atoms with Gasteiger partial charge in [-0.25, -0.2) is 19.9 Å². The van der Waals surface area contributed by atoms with E-state index in [0.29, 0.717) is 11.1 Å². The van der Waals surface area contributed by atoms with Crippen molar-refractivity contribution in [2.45, 2.75) is 27.2 Å². The Morgan fingerprint density at radius 2 is 1.96 bits per heavy atom. The quantitative estimate of drug-likeness (QED) is 0.758. The number of rotatable bonds is 2. The highest BCUT2D eigenvalue weighted by molar-refractivity contribution is 6.29. The van der Waals surface area contributed by atoms with E-state index in [2.05, 4.69) is 26.0 Å². The SMILES string of the molecule is Cc1ncc(C2=CCC3C(=C2)N(c2nccc(Cl)n2)C(=O)C3(C)C)cn1. The molecule has 1 amide bonds. The molecule has 1 fully saturated rings. The molecule has 1 unspecified atom stereocenters. The number of hydrogen-bond acceptors (Lipinski definition) is 5. The number of carbonyl (C=O) groups excluding carboxylic acids is 1. The Morgan fingerprint density at radius 1 is 1.23 bits per heavy atom. The molecule has 0 saturated carbocycles. The second kappa shape index (κ2) is 5.99. The van der Waals surface area contributed by atoms with E-state index in [1.165, 1.54) is 0 Å². The number of hydrogen-bond donors (Lipinski definition) is 0. The van der Waals surface area contributed by atoms with Gasteiger partial charge in [-0.05, 0) is 31.1 Å². The molecule has 132 valence electrons. The van der Waals surface area contributed by atoms with E-state index in [4.69, 9.17) is 11.6 Å². The van der Waals surface area contributed by atoms with Crippen LogP contribution in [0.3, 0.4) is 0 Å². The van der Waals surface area contributed by atoms with Crippen molar-refractivity contribution < 1.29 is 4.79 Å². The van der Waals surface area contributed by atoms with Gasteiger partial charge in [-0.2, -0.15) is 0 Å². The van der Waals surface area contributed by atoms with Crippen LogP contribution in [-0.4, -0.2) is 25.8 Å². The van der Waals surface area contributed by atoms with E-state index in [9.17, 15) is 4.79 Å². The monoisotopic (exact) mass is 367 g/mol. The topological polar surface area (TPSA) is 71.9 Å². The van der Waals surface area contributed by atoms with Gasteiger partial charge in [0.2, 0.25) is 11.9 Å². The third-order valence-electron chi connectivity index (χ3n) is 5.04. The van der Waals surface area contributed by atoms with Gasteiger partial charge < -0.3 is 0 Å². The van der Waals surface area contributed by atoms with Crippen LogP contribution < -0.4 is 4.90 Å². The molecule has 1 aliphatic carbocycles. The molecule has 2 aromatic rings. The van der Waals surface area contributed by atoms with Crippen molar-refractivity contribution in [3.05, 3.63) is 59.0 Å². The van der Waals surface area contributed by atoms with Gasteiger partial charge in [-0.3, -0.25) is 9.69 Å². The fourth-order valence-electron chi connectivity index (χ4n) is 3.51. The van der Waals surface area contributed by atoms with Crippen LogP contribution >= 0.6 is 11.6 Å². The van der Waals surface area contributed by atoms with Gasteiger partial charge in [-0.1, -0.05) is 31.5 Å². The molecule has 0 N–H and O–H groups in total. The average Bonchev–Trinajstić information content (AvgIpc) is 2.81. The zero-order valence-electron chi connectivity index (χ0n) is 14.8. The summed E-state index contributed by atoms with van der Waals surface area (Å²) in [6.07, 6.45) is 10.1. The molecular weight excluding hydrogens is 350 g/mol. The zero-order valence-corrected chi connectivity index (χ0v) is 15.5. The number of aromatic nitrogens is 4. The standard InChI is InChI=1S/C19H18ClN5O/c1-11-22-9-13(10-23-11)12-4-5-14-15(8-12)25(17(26)19(14,2)3)18-21-7-6-16(20)24-18/h4,6-10,14H,5H2,1-3H3. The average molecular weight is 368 g/mol. The number of halogens is 1. The Labute approximate surface area is 156 Å². The molecule has 6 nitrogen and oxygen atoms in total. The first kappa shape index (κ1) is 16.8. The lowest BCUT2D eigenvalue weighted by molar-refractivity contribution is -0.125. The summed E-state index contributed by atoms with van der Waals surface area (Å²) in [5.74, 6) is 1.08. The Bertz CT molecular complexity index is 949. The second-order valence-electron chi connectivity index (χ2n) is 7.08. The lowest BCUT2D eigenvalue weighted by Gasteiger charge is -2.25. The van der Waals surface area contributed by atoms with E-state index in [1.54, 1.807) is 29.6 Å². The van der Waals surface area contributed by atoms with Crippen molar-refractivity contribution in [1.29, 1.82) is 0 Å². The van der Waals surface area contributed by atoms with Gasteiger partial charge in [0.1, 0.15) is 11.0 Å². The highest BCUT2D eigenvalue weighted by Gasteiger charge is 2.52. The highest BCUT2D eigenvalue weighted by Crippen LogP contribution is 2.49. The van der Waals surface area contributed by atoms with Crippen molar-refractivity contribution in [3.8, 4) is 0 Å². The fraction of sp³-hybridized carbons (Fsp3) is 0.316. The Kier molecular flexibility index (Phi) is 3.88. The molecule has 1 aliphatic heterocycles. The molecule has 0 aromatic carbocycles. The molecule has 0 radical (unpaired) electrons. The van der Waals surface area contributed by atoms with Gasteiger partial charge in [0.05, 0.1) is 5.41 Å². The van der Waals surface area contributed by atoms with Crippen molar-refractivity contribution >= 4 is 29.0 Å². The summed E-state index contributed by atoms with van der Waals surface area (Å²) >= 11 is 6.02. The van der Waals surface area contributed by atoms with Crippen LogP contribution in [0.25, 0.3) is 5.57 Å². The number of allylic oxidation sites excluding steroid dienone is 4. The third-order valence-corrected chi connectivity index (χ3v) is 5.25. The van der Waals surface area contributed by atoms with E-state index in [0.717, 1.165) is 29.1 Å². The maximum absolute atomic E-state index is 13.1. The largest absolute Gasteiger partial charge is 0.273 e. The van der Waals surface area contributed by atoms with Crippen molar-refractivity contribution in [2.75, 3.05) is 4.90 Å². The smallest absolute Gasteiger partial charge is 0.240 e. The summed E-state index contributed by atoms with van der Waals surface area (Å²) in [6, 6.07) is 1.60. The molecule has 0 spiro atoms. The molecule has 2 aliphatic rings. The number of fused-ring (bicyclic) bond motifs is 1. The third kappa shape index (κ3) is 2.61. The molecule has 2 aromatic heterocycles. The first-order chi connectivity index (χ1) is 12.4. The first-order valence-electron chi connectivity index (χ1n) is 8.42. The number of nitrogens with zero attached hydrogens (tertiary/aromatic N) is 5. The van der Waals surface area contributed by atoms with Gasteiger partial charge in [-0.15, -0.1) is 0 Å². The summed E-state index contributed by atoms with van der Waals surface area (Å²) < 4.78 is 0. The molecule has 26 heavy (non-hydrogen) atoms. The number of amides is 1. The van der Waals surface area contributed by atoms with E-state index >= 15 is 0 Å². The molecule has 0 bridgehead atoms. The van der Waals surface area contributed by atoms with Gasteiger partial charge in [0, 0.05) is 35.8 Å². The van der Waals surface area contributed by atoms with Crippen LogP contribution in [0.2, 0.25) is 5.15 Å². The molecule has 1 saturated heterocycles. The van der Waals surface area contributed by atoms with Crippen molar-refractivity contribution in [3.63, 3.8) is 0 Å². The minimum absolute atomic E-state index is 0.0224. The van der Waals surface area contributed by atoms with Crippen LogP contribution in [0.5, 0.6) is 0 Å². The normalized spacial score (nSPS) is 21.3. The van der Waals surface area contributed by atoms with Crippen molar-refractivity contribution in [2.24, 2.45) is 11.3 Å². The van der Waals surface area contributed by atoms with Gasteiger partial charge in [0.25, 0.3) is 0 Å². The van der Waals surface area contributed by atoms with E-state index in [-0.39, 0.29) is 11.8 Å². The van der Waals surface area contributed by atoms with Crippen LogP contribution in [0, 0.1) is 18.3 Å². The summed E-state index contributed by atoms with van der Waals surface area (Å²) in [7, 11) is 0. The Morgan fingerprint density at radius 3 is 2.65 bits per heavy atom. The van der Waals surface area contributed by atoms with Crippen molar-refractivity contribution in [1.82, 2.24) is 19.9 Å². The minimum atomic E-state index is -0.538. The van der Waals surface area contributed by atoms with E-state index < -0.39 is 5.41 Å². The highest BCUT2D eigenvalue weighted by atomic mass is 35.5. The van der Waals surface area contributed by atoms with Crippen LogP contribution in [0.4, 0.5) is 5.95 Å². The summed E-state index contributed by atoms with van der Waals surface area (Å²) in [4.78, 5) is 31.7. The molecule has 7 heteroatoms. The predicted molar refractivity (Wildman–Crippen MR) is 99.2 cm³/mol. The zero-order chi connectivity index (χ0) is 18.5. The predicted octanol–water partition coefficient (Wildman–Crippen LogP) is 3.59. The summed E-state index contributed by atoms with van der Waals surface area (Å²) in [5, 5.41) is 0.308. The molecule has 4 rings (SSSR count). The second-order valence-corrected chi connectivity index (χ2v) is 7.46. The lowest BCUT2D eigenvalue weighted by atomic mass is 9.75. The van der Waals surface area contributed by atoms with Gasteiger partial charge >= 0.3 is 0 Å². The van der Waals surface area contributed by atoms with Crippen LogP contribution in [-0.2, 0) is 4.79 Å². The number of carbonyl (C=O) groups is 1. The number of anilines is 1. The molecule has 1 atom stereocenters. The van der Waals surface area contributed by atoms with Crippen LogP contribution in [0.15, 0.2) is 42.5 Å². The molecule has 3 heterocycles. The maximum Gasteiger partial charge on any atom is 0.240 e. The maximum atomic E-state index is 13.1. The minimum Gasteiger partial charge on any atom is -0.273 e. The lowest BCUT2D eigenvalue weighted by Crippen LogP contribution is -2.32. The first-order valence-corrected chi connectivity index (χ1v) is 8.79. The Balaban J connectivity index is 1.81. The fourth-order valence-corrected chi connectivity index (χ4v) is 3.64. The number of aryl methyl sites for hydroxylation is 1. The summed E-state index contributed by atoms with van der Waals surface area (Å²) in [6.45, 7) is 5.78. The van der Waals surface area contributed by atoms with Gasteiger partial charge in [0.15, 0.2) is 0 Å². The van der Waals surface area contributed by atoms with E-state index in [1.807, 2.05) is 26.8 Å². The molecular formula is C19H18ClN5O. The van der Waals surface area contributed by atoms with Crippen LogP contribution in [0.1, 0.15) is 31.7 Å².